The molecular formula is C23H27Cl3FN3O3S. The van der Waals surface area contributed by atoms with Crippen LogP contribution in [0.25, 0.3) is 0 Å². The van der Waals surface area contributed by atoms with E-state index in [1.54, 1.807) is 24.3 Å². The van der Waals surface area contributed by atoms with Crippen LogP contribution in [-0.4, -0.2) is 62.5 Å². The van der Waals surface area contributed by atoms with Gasteiger partial charge in [0.25, 0.3) is 0 Å². The van der Waals surface area contributed by atoms with E-state index in [9.17, 15) is 17.6 Å². The summed E-state index contributed by atoms with van der Waals surface area (Å²) in [4.78, 5) is 15.6. The summed E-state index contributed by atoms with van der Waals surface area (Å²) in [7, 11) is -3.22. The van der Waals surface area contributed by atoms with Crippen LogP contribution in [0, 0.1) is 5.82 Å². The van der Waals surface area contributed by atoms with Gasteiger partial charge in [0.05, 0.1) is 26.7 Å². The average molecular weight is 551 g/mol. The first-order valence-corrected chi connectivity index (χ1v) is 13.7. The minimum atomic E-state index is -3.22. The monoisotopic (exact) mass is 549 g/mol. The summed E-state index contributed by atoms with van der Waals surface area (Å²) in [6, 6.07) is 9.52. The fourth-order valence-electron chi connectivity index (χ4n) is 3.92. The predicted octanol–water partition coefficient (Wildman–Crippen LogP) is 4.33. The van der Waals surface area contributed by atoms with Crippen molar-refractivity contribution in [1.29, 1.82) is 0 Å². The second-order valence-electron chi connectivity index (χ2n) is 8.65. The lowest BCUT2D eigenvalue weighted by atomic mass is 9.78. The highest BCUT2D eigenvalue weighted by molar-refractivity contribution is 7.88. The molecule has 0 radical (unpaired) electrons. The largest absolute Gasteiger partial charge is 0.351 e. The summed E-state index contributed by atoms with van der Waals surface area (Å²) in [5.41, 5.74) is 0.341. The van der Waals surface area contributed by atoms with E-state index < -0.39 is 21.3 Å². The molecule has 34 heavy (non-hydrogen) atoms. The van der Waals surface area contributed by atoms with Crippen LogP contribution in [0.15, 0.2) is 36.4 Å². The molecule has 1 amide bonds. The number of rotatable bonds is 8. The quantitative estimate of drug-likeness (QED) is 0.531. The van der Waals surface area contributed by atoms with E-state index in [-0.39, 0.29) is 17.5 Å². The number of carbonyl (C=O) groups excluding carboxylic acids is 1. The van der Waals surface area contributed by atoms with E-state index in [0.717, 1.165) is 0 Å². The molecule has 0 spiro atoms. The van der Waals surface area contributed by atoms with Crippen molar-refractivity contribution in [2.45, 2.75) is 25.3 Å². The summed E-state index contributed by atoms with van der Waals surface area (Å²) in [5.74, 6) is -0.787. The number of nitrogens with one attached hydrogen (secondary N) is 1. The molecule has 1 fully saturated rings. The Hall–Kier alpha value is -1.42. The third-order valence-electron chi connectivity index (χ3n) is 6.22. The van der Waals surface area contributed by atoms with Crippen molar-refractivity contribution in [1.82, 2.24) is 14.5 Å². The molecule has 0 bridgehead atoms. The van der Waals surface area contributed by atoms with Gasteiger partial charge in [0.2, 0.25) is 15.9 Å². The van der Waals surface area contributed by atoms with Crippen LogP contribution in [0.4, 0.5) is 4.39 Å². The SMILES string of the molecule is CC(CCN1CCN(S(C)(=O)=O)CC1)(C(=O)NCc1ccc(Cl)c(F)c1)c1ccc(Cl)c(Cl)c1. The first-order valence-electron chi connectivity index (χ1n) is 10.8. The topological polar surface area (TPSA) is 69.7 Å². The van der Waals surface area contributed by atoms with E-state index in [4.69, 9.17) is 34.8 Å². The molecule has 1 unspecified atom stereocenters. The van der Waals surface area contributed by atoms with Crippen molar-refractivity contribution in [3.8, 4) is 0 Å². The molecular weight excluding hydrogens is 524 g/mol. The van der Waals surface area contributed by atoms with Crippen molar-refractivity contribution >= 4 is 50.7 Å². The molecule has 2 aromatic carbocycles. The maximum absolute atomic E-state index is 13.8. The summed E-state index contributed by atoms with van der Waals surface area (Å²) >= 11 is 18.1. The normalized spacial score (nSPS) is 17.4. The molecule has 1 aliphatic heterocycles. The minimum Gasteiger partial charge on any atom is -0.351 e. The smallest absolute Gasteiger partial charge is 0.230 e. The van der Waals surface area contributed by atoms with Gasteiger partial charge in [0.15, 0.2) is 0 Å². The van der Waals surface area contributed by atoms with Gasteiger partial charge in [0, 0.05) is 32.7 Å². The zero-order chi connectivity index (χ0) is 25.1. The minimum absolute atomic E-state index is 0.0201. The van der Waals surface area contributed by atoms with Crippen LogP contribution in [0.5, 0.6) is 0 Å². The van der Waals surface area contributed by atoms with E-state index >= 15 is 0 Å². The molecule has 1 heterocycles. The second-order valence-corrected chi connectivity index (χ2v) is 11.8. The van der Waals surface area contributed by atoms with E-state index in [2.05, 4.69) is 10.2 Å². The molecule has 0 saturated carbocycles. The van der Waals surface area contributed by atoms with Gasteiger partial charge in [-0.25, -0.2) is 12.8 Å². The molecule has 1 aliphatic rings. The fraction of sp³-hybridized carbons (Fsp3) is 0.435. The number of sulfonamides is 1. The van der Waals surface area contributed by atoms with Crippen molar-refractivity contribution in [3.05, 3.63) is 68.4 Å². The van der Waals surface area contributed by atoms with Crippen LogP contribution in [0.2, 0.25) is 15.1 Å². The Labute approximate surface area is 215 Å². The van der Waals surface area contributed by atoms with Gasteiger partial charge >= 0.3 is 0 Å². The number of amides is 1. The van der Waals surface area contributed by atoms with E-state index in [1.165, 1.54) is 22.7 Å². The number of carbonyl (C=O) groups is 1. The first-order chi connectivity index (χ1) is 15.9. The molecule has 1 atom stereocenters. The van der Waals surface area contributed by atoms with Crippen molar-refractivity contribution in [2.24, 2.45) is 0 Å². The van der Waals surface area contributed by atoms with Crippen LogP contribution >= 0.6 is 34.8 Å². The summed E-state index contributed by atoms with van der Waals surface area (Å²) in [5, 5.41) is 3.66. The number of piperazine rings is 1. The Kier molecular flexibility index (Phi) is 8.87. The van der Waals surface area contributed by atoms with Gasteiger partial charge in [-0.2, -0.15) is 4.31 Å². The Bertz CT molecular complexity index is 1160. The number of nitrogens with zero attached hydrogens (tertiary/aromatic N) is 2. The van der Waals surface area contributed by atoms with Crippen LogP contribution in [-0.2, 0) is 26.8 Å². The Morgan fingerprint density at radius 1 is 1.03 bits per heavy atom. The lowest BCUT2D eigenvalue weighted by Gasteiger charge is -2.36. The van der Waals surface area contributed by atoms with Crippen LogP contribution in [0.1, 0.15) is 24.5 Å². The summed E-state index contributed by atoms with van der Waals surface area (Å²) in [6.07, 6.45) is 1.67. The summed E-state index contributed by atoms with van der Waals surface area (Å²) in [6.45, 7) is 4.53. The number of halogens is 4. The van der Waals surface area contributed by atoms with Crippen molar-refractivity contribution in [3.63, 3.8) is 0 Å². The zero-order valence-electron chi connectivity index (χ0n) is 19.0. The second kappa shape index (κ2) is 11.1. The molecule has 0 aliphatic carbocycles. The zero-order valence-corrected chi connectivity index (χ0v) is 22.0. The molecule has 1 saturated heterocycles. The molecule has 3 rings (SSSR count). The highest BCUT2D eigenvalue weighted by Gasteiger charge is 2.36. The number of hydrogen-bond acceptors (Lipinski definition) is 4. The van der Waals surface area contributed by atoms with E-state index in [1.807, 2.05) is 6.92 Å². The standard InChI is InChI=1S/C23H27Cl3FN3O3S/c1-23(17-4-6-18(24)20(26)14-17,7-8-29-9-11-30(12-10-29)34(2,32)33)22(31)28-15-16-3-5-19(25)21(27)13-16/h3-6,13-14H,7-12,15H2,1-2H3,(H,28,31). The summed E-state index contributed by atoms with van der Waals surface area (Å²) < 4.78 is 38.8. The van der Waals surface area contributed by atoms with Gasteiger partial charge < -0.3 is 10.2 Å². The van der Waals surface area contributed by atoms with Gasteiger partial charge in [-0.1, -0.05) is 46.9 Å². The van der Waals surface area contributed by atoms with Gasteiger partial charge in [-0.05, 0) is 55.3 Å². The molecule has 6 nitrogen and oxygen atoms in total. The van der Waals surface area contributed by atoms with Crippen LogP contribution < -0.4 is 5.32 Å². The maximum Gasteiger partial charge on any atom is 0.230 e. The lowest BCUT2D eigenvalue weighted by Crippen LogP contribution is -2.50. The van der Waals surface area contributed by atoms with Gasteiger partial charge in [-0.3, -0.25) is 4.79 Å². The first kappa shape index (κ1) is 27.2. The molecule has 186 valence electrons. The van der Waals surface area contributed by atoms with Gasteiger partial charge in [-0.15, -0.1) is 0 Å². The molecule has 1 N–H and O–H groups in total. The lowest BCUT2D eigenvalue weighted by molar-refractivity contribution is -0.126. The Morgan fingerprint density at radius 2 is 1.68 bits per heavy atom. The van der Waals surface area contributed by atoms with Crippen LogP contribution in [0.3, 0.4) is 0 Å². The Balaban J connectivity index is 1.75. The van der Waals surface area contributed by atoms with Gasteiger partial charge in [0.1, 0.15) is 5.82 Å². The number of benzene rings is 2. The van der Waals surface area contributed by atoms with Crippen molar-refractivity contribution in [2.75, 3.05) is 39.0 Å². The Morgan fingerprint density at radius 3 is 2.26 bits per heavy atom. The average Bonchev–Trinajstić information content (AvgIpc) is 2.79. The fourth-order valence-corrected chi connectivity index (χ4v) is 5.16. The van der Waals surface area contributed by atoms with Crippen molar-refractivity contribution < 1.29 is 17.6 Å². The van der Waals surface area contributed by atoms with E-state index in [0.29, 0.717) is 60.3 Å². The third-order valence-corrected chi connectivity index (χ3v) is 8.57. The maximum atomic E-state index is 13.8. The third kappa shape index (κ3) is 6.62. The number of hydrogen-bond donors (Lipinski definition) is 1. The molecule has 0 aromatic heterocycles. The highest BCUT2D eigenvalue weighted by atomic mass is 35.5. The molecule has 2 aromatic rings. The highest BCUT2D eigenvalue weighted by Crippen LogP contribution is 2.33. The molecule has 11 heteroatoms. The predicted molar refractivity (Wildman–Crippen MR) is 135 cm³/mol.